The van der Waals surface area contributed by atoms with Crippen LogP contribution in [0.1, 0.15) is 12.7 Å². The van der Waals surface area contributed by atoms with E-state index in [1.54, 1.807) is 0 Å². The summed E-state index contributed by atoms with van der Waals surface area (Å²) in [5.74, 6) is 0.978. The third-order valence-corrected chi connectivity index (χ3v) is 13.4. The van der Waals surface area contributed by atoms with Gasteiger partial charge in [0, 0.05) is 22.3 Å². The fraction of sp³-hybridized carbons (Fsp3) is 0.0444. The van der Waals surface area contributed by atoms with Gasteiger partial charge in [-0.05, 0) is 78.8 Å². The minimum atomic E-state index is -3.28. The zero-order valence-electron chi connectivity index (χ0n) is 27.0. The molecule has 3 nitrogen and oxygen atoms in total. The molecule has 2 heterocycles. The number of para-hydroxylation sites is 1. The third-order valence-electron chi connectivity index (χ3n) is 10.3. The molecule has 1 atom stereocenters. The summed E-state index contributed by atoms with van der Waals surface area (Å²) >= 11 is 0. The molecule has 0 saturated heterocycles. The molecule has 0 radical (unpaired) electrons. The van der Waals surface area contributed by atoms with Crippen LogP contribution in [-0.4, -0.2) is 9.55 Å². The standard InChI is InChI=1S/C45H31N2OP/c1-2-42-46-38-24-13-25-40-45(38)47(42)39-27-26-30(28-41(39)49(40,48)31-16-4-3-5-17-31)43-34-19-8-10-21-36(34)44(37-22-11-9-20-35(37)43)33-23-12-15-29-14-6-7-18-32(29)33/h3-28H,2H2,1H3. The van der Waals surface area contributed by atoms with Gasteiger partial charge < -0.3 is 4.57 Å². The zero-order chi connectivity index (χ0) is 32.7. The molecule has 1 unspecified atom stereocenters. The number of benzene rings is 8. The Morgan fingerprint density at radius 1 is 0.571 bits per heavy atom. The average Bonchev–Trinajstić information content (AvgIpc) is 3.55. The first-order valence-corrected chi connectivity index (χ1v) is 18.6. The number of nitrogens with zero attached hydrogens (tertiary/aromatic N) is 2. The number of hydrogen-bond acceptors (Lipinski definition) is 2. The largest absolute Gasteiger partial charge is 0.308 e. The molecule has 0 aliphatic carbocycles. The lowest BCUT2D eigenvalue weighted by Crippen LogP contribution is -2.33. The smallest absolute Gasteiger partial charge is 0.175 e. The second-order valence-corrected chi connectivity index (χ2v) is 15.6. The predicted octanol–water partition coefficient (Wildman–Crippen LogP) is 10.3. The molecule has 232 valence electrons. The van der Waals surface area contributed by atoms with Crippen LogP contribution < -0.4 is 15.9 Å². The van der Waals surface area contributed by atoms with Crippen molar-refractivity contribution in [2.45, 2.75) is 13.3 Å². The Bertz CT molecular complexity index is 2790. The number of fused-ring (bicyclic) bond motifs is 5. The molecular weight excluding hydrogens is 615 g/mol. The van der Waals surface area contributed by atoms with Crippen LogP contribution in [0.2, 0.25) is 0 Å². The van der Waals surface area contributed by atoms with Crippen LogP contribution in [-0.2, 0) is 11.0 Å². The van der Waals surface area contributed by atoms with Crippen LogP contribution in [0.25, 0.3) is 71.3 Å². The summed E-state index contributed by atoms with van der Waals surface area (Å²) < 4.78 is 18.2. The molecule has 0 amide bonds. The summed E-state index contributed by atoms with van der Waals surface area (Å²) in [6.07, 6.45) is 0.774. The number of aromatic nitrogens is 2. The van der Waals surface area contributed by atoms with Crippen LogP contribution in [0, 0.1) is 0 Å². The van der Waals surface area contributed by atoms with E-state index in [9.17, 15) is 0 Å². The topological polar surface area (TPSA) is 34.9 Å². The molecule has 8 aromatic carbocycles. The fourth-order valence-electron chi connectivity index (χ4n) is 8.25. The van der Waals surface area contributed by atoms with Crippen molar-refractivity contribution in [3.05, 3.63) is 164 Å². The van der Waals surface area contributed by atoms with E-state index >= 15 is 4.57 Å². The normalized spacial score (nSPS) is 15.3. The lowest BCUT2D eigenvalue weighted by atomic mass is 9.85. The van der Waals surface area contributed by atoms with Crippen molar-refractivity contribution < 1.29 is 4.57 Å². The maximum absolute atomic E-state index is 16.0. The molecule has 10 rings (SSSR count). The quantitative estimate of drug-likeness (QED) is 0.141. The van der Waals surface area contributed by atoms with Crippen molar-refractivity contribution in [2.75, 3.05) is 0 Å². The van der Waals surface area contributed by atoms with Gasteiger partial charge in [0.25, 0.3) is 0 Å². The lowest BCUT2D eigenvalue weighted by Gasteiger charge is -2.30. The highest BCUT2D eigenvalue weighted by Crippen LogP contribution is 2.51. The number of hydrogen-bond donors (Lipinski definition) is 0. The van der Waals surface area contributed by atoms with Gasteiger partial charge in [0.05, 0.1) is 16.7 Å². The van der Waals surface area contributed by atoms with Crippen LogP contribution in [0.4, 0.5) is 0 Å². The van der Waals surface area contributed by atoms with Crippen molar-refractivity contribution in [3.8, 4) is 27.9 Å². The molecule has 49 heavy (non-hydrogen) atoms. The molecule has 0 saturated carbocycles. The first-order chi connectivity index (χ1) is 24.2. The second-order valence-electron chi connectivity index (χ2n) is 12.9. The van der Waals surface area contributed by atoms with E-state index in [1.165, 1.54) is 43.4 Å². The van der Waals surface area contributed by atoms with Gasteiger partial charge in [-0.3, -0.25) is 4.57 Å². The predicted molar refractivity (Wildman–Crippen MR) is 207 cm³/mol. The van der Waals surface area contributed by atoms with Crippen molar-refractivity contribution in [2.24, 2.45) is 0 Å². The number of imidazole rings is 1. The summed E-state index contributed by atoms with van der Waals surface area (Å²) in [5, 5.41) is 9.77. The summed E-state index contributed by atoms with van der Waals surface area (Å²) in [6.45, 7) is 2.14. The van der Waals surface area contributed by atoms with Gasteiger partial charge in [-0.2, -0.15) is 0 Å². The van der Waals surface area contributed by atoms with Gasteiger partial charge in [-0.1, -0.05) is 140 Å². The Morgan fingerprint density at radius 2 is 1.18 bits per heavy atom. The molecule has 4 heteroatoms. The van der Waals surface area contributed by atoms with E-state index < -0.39 is 7.14 Å². The second kappa shape index (κ2) is 10.6. The van der Waals surface area contributed by atoms with Crippen LogP contribution in [0.3, 0.4) is 0 Å². The van der Waals surface area contributed by atoms with E-state index in [4.69, 9.17) is 4.98 Å². The van der Waals surface area contributed by atoms with Crippen molar-refractivity contribution in [3.63, 3.8) is 0 Å². The molecule has 1 aromatic heterocycles. The van der Waals surface area contributed by atoms with E-state index in [2.05, 4.69) is 121 Å². The highest BCUT2D eigenvalue weighted by Gasteiger charge is 2.40. The Hall–Kier alpha value is -5.76. The van der Waals surface area contributed by atoms with Crippen molar-refractivity contribution in [1.29, 1.82) is 0 Å². The highest BCUT2D eigenvalue weighted by molar-refractivity contribution is 7.86. The first-order valence-electron chi connectivity index (χ1n) is 16.9. The summed E-state index contributed by atoms with van der Waals surface area (Å²) in [5.41, 5.74) is 7.48. The molecule has 0 bridgehead atoms. The zero-order valence-corrected chi connectivity index (χ0v) is 27.9. The summed E-state index contributed by atoms with van der Waals surface area (Å²) in [6, 6.07) is 55.5. The minimum absolute atomic E-state index is 0.774. The maximum Gasteiger partial charge on any atom is 0.175 e. The van der Waals surface area contributed by atoms with E-state index in [1.807, 2.05) is 48.5 Å². The van der Waals surface area contributed by atoms with Crippen molar-refractivity contribution >= 4 is 66.4 Å². The Kier molecular flexibility index (Phi) is 6.13. The van der Waals surface area contributed by atoms with Crippen LogP contribution in [0.15, 0.2) is 158 Å². The van der Waals surface area contributed by atoms with Gasteiger partial charge >= 0.3 is 0 Å². The van der Waals surface area contributed by atoms with E-state index in [-0.39, 0.29) is 0 Å². The molecule has 1 aliphatic heterocycles. The molecular formula is C45H31N2OP. The molecule has 0 spiro atoms. The molecule has 1 aliphatic rings. The average molecular weight is 647 g/mol. The fourth-order valence-corrected chi connectivity index (χ4v) is 11.3. The van der Waals surface area contributed by atoms with Crippen LogP contribution >= 0.6 is 7.14 Å². The highest BCUT2D eigenvalue weighted by atomic mass is 31.2. The summed E-state index contributed by atoms with van der Waals surface area (Å²) in [4.78, 5) is 5.03. The molecule has 0 N–H and O–H groups in total. The van der Waals surface area contributed by atoms with Crippen molar-refractivity contribution in [1.82, 2.24) is 9.55 Å². The third kappa shape index (κ3) is 3.91. The first kappa shape index (κ1) is 28.3. The van der Waals surface area contributed by atoms with Crippen LogP contribution in [0.5, 0.6) is 0 Å². The van der Waals surface area contributed by atoms with E-state index in [0.717, 1.165) is 56.0 Å². The molecule has 0 fully saturated rings. The number of aryl methyl sites for hydroxylation is 1. The van der Waals surface area contributed by atoms with Gasteiger partial charge in [-0.25, -0.2) is 4.98 Å². The monoisotopic (exact) mass is 646 g/mol. The van der Waals surface area contributed by atoms with E-state index in [0.29, 0.717) is 0 Å². The minimum Gasteiger partial charge on any atom is -0.308 e. The number of rotatable bonds is 4. The summed E-state index contributed by atoms with van der Waals surface area (Å²) in [7, 11) is -3.28. The van der Waals surface area contributed by atoms with Gasteiger partial charge in [0.1, 0.15) is 5.82 Å². The molecule has 9 aromatic rings. The van der Waals surface area contributed by atoms with Gasteiger partial charge in [0.15, 0.2) is 7.14 Å². The van der Waals surface area contributed by atoms with Gasteiger partial charge in [0.2, 0.25) is 0 Å². The maximum atomic E-state index is 16.0. The Labute approximate surface area is 284 Å². The Balaban J connectivity index is 1.32. The van der Waals surface area contributed by atoms with Gasteiger partial charge in [-0.15, -0.1) is 0 Å². The Morgan fingerprint density at radius 3 is 1.90 bits per heavy atom. The SMILES string of the molecule is CCc1nc2cccc3c2n1-c1ccc(-c2c4ccccc4c(-c4cccc5ccccc45)c4ccccc24)cc1P3(=O)c1ccccc1. The lowest BCUT2D eigenvalue weighted by molar-refractivity contribution is 0.592.